The molecule has 2 heterocycles. The Morgan fingerprint density at radius 3 is 2.81 bits per heavy atom. The van der Waals surface area contributed by atoms with Crippen molar-refractivity contribution in [3.8, 4) is 5.75 Å². The number of nitrogens with one attached hydrogen (secondary N) is 1. The number of carbonyl (C=O) groups excluding carboxylic acids is 2. The second kappa shape index (κ2) is 9.14. The first-order valence-corrected chi connectivity index (χ1v) is 11.2. The second-order valence-electron chi connectivity index (χ2n) is 7.51. The number of furan rings is 1. The molecule has 4 rings (SSSR count). The van der Waals surface area contributed by atoms with E-state index in [9.17, 15) is 9.59 Å². The Bertz CT molecular complexity index is 1080. The quantitative estimate of drug-likeness (QED) is 0.569. The average Bonchev–Trinajstić information content (AvgIpc) is 3.21. The van der Waals surface area contributed by atoms with Crippen LogP contribution in [0.25, 0.3) is 0 Å². The number of ketones is 1. The third-order valence-electron chi connectivity index (χ3n) is 5.44. The van der Waals surface area contributed by atoms with Crippen LogP contribution in [0.2, 0.25) is 0 Å². The van der Waals surface area contributed by atoms with Crippen LogP contribution in [0.4, 0.5) is 0 Å². The van der Waals surface area contributed by atoms with Crippen LogP contribution in [0.15, 0.2) is 67.8 Å². The summed E-state index contributed by atoms with van der Waals surface area (Å²) in [6, 6.07) is 11.2. The molecular formula is C24H24BrNO5. The van der Waals surface area contributed by atoms with Crippen LogP contribution in [-0.4, -0.2) is 18.4 Å². The van der Waals surface area contributed by atoms with Gasteiger partial charge in [-0.3, -0.25) is 4.79 Å². The first-order chi connectivity index (χ1) is 15.0. The minimum Gasteiger partial charge on any atom is -0.484 e. The van der Waals surface area contributed by atoms with Crippen molar-refractivity contribution in [1.29, 1.82) is 0 Å². The van der Waals surface area contributed by atoms with Gasteiger partial charge in [0, 0.05) is 23.4 Å². The van der Waals surface area contributed by atoms with Gasteiger partial charge in [0.25, 0.3) is 0 Å². The number of esters is 1. The summed E-state index contributed by atoms with van der Waals surface area (Å²) in [7, 11) is 0. The second-order valence-corrected chi connectivity index (χ2v) is 8.36. The van der Waals surface area contributed by atoms with Crippen molar-refractivity contribution in [2.75, 3.05) is 6.61 Å². The van der Waals surface area contributed by atoms with Gasteiger partial charge in [0.1, 0.15) is 23.9 Å². The van der Waals surface area contributed by atoms with Crippen molar-refractivity contribution >= 4 is 27.7 Å². The fourth-order valence-corrected chi connectivity index (χ4v) is 4.48. The highest BCUT2D eigenvalue weighted by atomic mass is 79.9. The zero-order chi connectivity index (χ0) is 22.0. The van der Waals surface area contributed by atoms with Crippen molar-refractivity contribution in [3.63, 3.8) is 0 Å². The van der Waals surface area contributed by atoms with Crippen LogP contribution >= 0.6 is 15.9 Å². The summed E-state index contributed by atoms with van der Waals surface area (Å²) < 4.78 is 18.1. The van der Waals surface area contributed by atoms with Gasteiger partial charge in [-0.15, -0.1) is 0 Å². The molecular weight excluding hydrogens is 462 g/mol. The zero-order valence-electron chi connectivity index (χ0n) is 17.5. The van der Waals surface area contributed by atoms with E-state index in [0.717, 1.165) is 23.0 Å². The summed E-state index contributed by atoms with van der Waals surface area (Å²) in [5, 5.41) is 3.26. The fraction of sp³-hybridized carbons (Fsp3) is 0.333. The number of hydrogen-bond donors (Lipinski definition) is 1. The molecule has 1 unspecified atom stereocenters. The molecule has 0 bridgehead atoms. The number of halogens is 1. The Hall–Kier alpha value is -2.80. The highest BCUT2D eigenvalue weighted by Crippen LogP contribution is 2.43. The third kappa shape index (κ3) is 4.32. The minimum atomic E-state index is -0.583. The van der Waals surface area contributed by atoms with Gasteiger partial charge in [-0.25, -0.2) is 4.79 Å². The topological polar surface area (TPSA) is 77.8 Å². The molecule has 0 saturated carbocycles. The number of allylic oxidation sites excluding steroid dienone is 3. The lowest BCUT2D eigenvalue weighted by Crippen LogP contribution is -2.34. The third-order valence-corrected chi connectivity index (χ3v) is 6.10. The van der Waals surface area contributed by atoms with Crippen molar-refractivity contribution in [2.45, 2.75) is 45.6 Å². The molecule has 1 aliphatic heterocycles. The first-order valence-electron chi connectivity index (χ1n) is 10.4. The van der Waals surface area contributed by atoms with E-state index in [0.29, 0.717) is 40.5 Å². The Morgan fingerprint density at radius 1 is 1.23 bits per heavy atom. The zero-order valence-corrected chi connectivity index (χ0v) is 19.1. The Morgan fingerprint density at radius 2 is 2.03 bits per heavy atom. The molecule has 1 aromatic carbocycles. The number of carbonyl (C=O) groups is 2. The summed E-state index contributed by atoms with van der Waals surface area (Å²) in [5.74, 6) is 0.867. The molecule has 6 nitrogen and oxygen atoms in total. The molecule has 1 aromatic heterocycles. The molecule has 162 valence electrons. The Kier molecular flexibility index (Phi) is 6.32. The molecule has 0 fully saturated rings. The van der Waals surface area contributed by atoms with Crippen LogP contribution in [0.5, 0.6) is 5.75 Å². The molecule has 0 radical (unpaired) electrons. The van der Waals surface area contributed by atoms with Gasteiger partial charge in [-0.2, -0.15) is 0 Å². The number of para-hydroxylation sites is 1. The van der Waals surface area contributed by atoms with E-state index >= 15 is 0 Å². The number of Topliss-reactive ketones (excluding diaryl/α,β-unsaturated/α-hetero) is 1. The SMILES string of the molecule is CCOC(=O)C1=C(C)NC2=C(C(=O)CCC2)C1c1ccc(COc2ccccc2Br)o1. The van der Waals surface area contributed by atoms with Gasteiger partial charge < -0.3 is 19.2 Å². The summed E-state index contributed by atoms with van der Waals surface area (Å²) in [6.45, 7) is 4.08. The van der Waals surface area contributed by atoms with Crippen LogP contribution in [0.1, 0.15) is 50.5 Å². The van der Waals surface area contributed by atoms with Gasteiger partial charge in [-0.05, 0) is 66.9 Å². The highest BCUT2D eigenvalue weighted by Gasteiger charge is 2.40. The minimum absolute atomic E-state index is 0.0375. The van der Waals surface area contributed by atoms with E-state index in [1.54, 1.807) is 6.92 Å². The molecule has 1 N–H and O–H groups in total. The number of benzene rings is 1. The van der Waals surface area contributed by atoms with Gasteiger partial charge in [0.15, 0.2) is 5.78 Å². The molecule has 0 saturated heterocycles. The molecule has 0 amide bonds. The highest BCUT2D eigenvalue weighted by molar-refractivity contribution is 9.10. The molecule has 7 heteroatoms. The smallest absolute Gasteiger partial charge is 0.336 e. The lowest BCUT2D eigenvalue weighted by atomic mass is 9.77. The van der Waals surface area contributed by atoms with Crippen molar-refractivity contribution in [2.24, 2.45) is 0 Å². The summed E-state index contributed by atoms with van der Waals surface area (Å²) in [6.07, 6.45) is 2.03. The van der Waals surface area contributed by atoms with Crippen LogP contribution in [-0.2, 0) is 20.9 Å². The predicted octanol–water partition coefficient (Wildman–Crippen LogP) is 5.15. The van der Waals surface area contributed by atoms with Crippen molar-refractivity contribution in [1.82, 2.24) is 5.32 Å². The van der Waals surface area contributed by atoms with Crippen LogP contribution in [0, 0.1) is 0 Å². The maximum absolute atomic E-state index is 12.9. The van der Waals surface area contributed by atoms with Gasteiger partial charge >= 0.3 is 5.97 Å². The van der Waals surface area contributed by atoms with E-state index in [4.69, 9.17) is 13.9 Å². The van der Waals surface area contributed by atoms with Gasteiger partial charge in [-0.1, -0.05) is 12.1 Å². The number of hydrogen-bond acceptors (Lipinski definition) is 6. The Labute approximate surface area is 189 Å². The van der Waals surface area contributed by atoms with E-state index in [1.807, 2.05) is 43.3 Å². The normalized spacial score (nSPS) is 18.5. The number of rotatable bonds is 6. The maximum atomic E-state index is 12.9. The monoisotopic (exact) mass is 485 g/mol. The predicted molar refractivity (Wildman–Crippen MR) is 118 cm³/mol. The standard InChI is InChI=1S/C24H24BrNO5/c1-3-29-24(28)21-14(2)26-17-8-6-9-18(27)22(17)23(21)20-12-11-15(31-20)13-30-19-10-5-4-7-16(19)25/h4-5,7,10-12,23,26H,3,6,8-9,13H2,1-2H3. The van der Waals surface area contributed by atoms with Crippen molar-refractivity contribution < 1.29 is 23.5 Å². The Balaban J connectivity index is 1.66. The van der Waals surface area contributed by atoms with E-state index in [2.05, 4.69) is 21.2 Å². The maximum Gasteiger partial charge on any atom is 0.336 e. The average molecular weight is 486 g/mol. The summed E-state index contributed by atoms with van der Waals surface area (Å²) in [5.41, 5.74) is 2.59. The number of ether oxygens (including phenoxy) is 2. The largest absolute Gasteiger partial charge is 0.484 e. The van der Waals surface area contributed by atoms with Crippen LogP contribution < -0.4 is 10.1 Å². The van der Waals surface area contributed by atoms with Gasteiger partial charge in [0.2, 0.25) is 0 Å². The lowest BCUT2D eigenvalue weighted by molar-refractivity contribution is -0.138. The van der Waals surface area contributed by atoms with E-state index < -0.39 is 11.9 Å². The first kappa shape index (κ1) is 21.4. The number of dihydropyridines is 1. The summed E-state index contributed by atoms with van der Waals surface area (Å²) in [4.78, 5) is 25.7. The molecule has 2 aromatic rings. The molecule has 2 aliphatic rings. The summed E-state index contributed by atoms with van der Waals surface area (Å²) >= 11 is 3.46. The molecule has 0 spiro atoms. The van der Waals surface area contributed by atoms with Crippen LogP contribution in [0.3, 0.4) is 0 Å². The van der Waals surface area contributed by atoms with E-state index in [-0.39, 0.29) is 19.0 Å². The molecule has 1 aliphatic carbocycles. The fourth-order valence-electron chi connectivity index (χ4n) is 4.09. The van der Waals surface area contributed by atoms with Crippen molar-refractivity contribution in [3.05, 3.63) is 74.9 Å². The van der Waals surface area contributed by atoms with E-state index in [1.165, 1.54) is 0 Å². The molecule has 31 heavy (non-hydrogen) atoms. The lowest BCUT2D eigenvalue weighted by Gasteiger charge is -2.32. The molecule has 1 atom stereocenters. The van der Waals surface area contributed by atoms with Gasteiger partial charge in [0.05, 0.1) is 22.6 Å².